The maximum absolute atomic E-state index is 11.9. The van der Waals surface area contributed by atoms with Gasteiger partial charge in [-0.15, -0.1) is 11.8 Å². The van der Waals surface area contributed by atoms with Gasteiger partial charge in [-0.05, 0) is 31.0 Å². The van der Waals surface area contributed by atoms with E-state index in [1.807, 2.05) is 0 Å². The lowest BCUT2D eigenvalue weighted by Crippen LogP contribution is -2.33. The molecule has 0 bridgehead atoms. The first kappa shape index (κ1) is 16.8. The standard InChI is InChI=1S/C17H21N3O3S/c21-16(12-24-13-4-1-2-5-13)18-9-10-20-17(22)8-7-14(19-20)15-6-3-11-23-15/h3,6-8,11,13H,1-2,4-5,9-10,12H2,(H,18,21). The quantitative estimate of drug-likeness (QED) is 0.831. The van der Waals surface area contributed by atoms with Gasteiger partial charge in [-0.25, -0.2) is 4.68 Å². The third-order valence-electron chi connectivity index (χ3n) is 4.04. The number of nitrogens with zero attached hydrogens (tertiary/aromatic N) is 2. The van der Waals surface area contributed by atoms with E-state index >= 15 is 0 Å². The number of carbonyl (C=O) groups excluding carboxylic acids is 1. The van der Waals surface area contributed by atoms with E-state index in [4.69, 9.17) is 4.42 Å². The Morgan fingerprint density at radius 3 is 2.92 bits per heavy atom. The SMILES string of the molecule is O=C(CSC1CCCC1)NCCn1nc(-c2ccco2)ccc1=O. The van der Waals surface area contributed by atoms with Crippen LogP contribution in [-0.4, -0.2) is 33.2 Å². The summed E-state index contributed by atoms with van der Waals surface area (Å²) in [6.07, 6.45) is 6.56. The fourth-order valence-corrected chi connectivity index (χ4v) is 3.92. The topological polar surface area (TPSA) is 77.1 Å². The summed E-state index contributed by atoms with van der Waals surface area (Å²) in [5.74, 6) is 1.11. The molecule has 0 atom stereocenters. The first-order chi connectivity index (χ1) is 11.7. The van der Waals surface area contributed by atoms with Gasteiger partial charge in [0.1, 0.15) is 5.69 Å². The number of furan rings is 1. The molecule has 0 spiro atoms. The van der Waals surface area contributed by atoms with Crippen molar-refractivity contribution in [3.63, 3.8) is 0 Å². The van der Waals surface area contributed by atoms with Crippen LogP contribution in [0.25, 0.3) is 11.5 Å². The molecule has 128 valence electrons. The van der Waals surface area contributed by atoms with Gasteiger partial charge >= 0.3 is 0 Å². The number of rotatable bonds is 7. The average Bonchev–Trinajstić information content (AvgIpc) is 3.28. The smallest absolute Gasteiger partial charge is 0.266 e. The second-order valence-corrected chi connectivity index (χ2v) is 7.11. The van der Waals surface area contributed by atoms with E-state index in [0.717, 1.165) is 0 Å². The summed E-state index contributed by atoms with van der Waals surface area (Å²) in [4.78, 5) is 23.7. The van der Waals surface area contributed by atoms with E-state index in [0.29, 0.717) is 35.5 Å². The van der Waals surface area contributed by atoms with Gasteiger partial charge in [0, 0.05) is 17.9 Å². The molecule has 2 aromatic rings. The highest BCUT2D eigenvalue weighted by Gasteiger charge is 2.16. The Morgan fingerprint density at radius 1 is 1.33 bits per heavy atom. The number of thioether (sulfide) groups is 1. The molecular weight excluding hydrogens is 326 g/mol. The fourth-order valence-electron chi connectivity index (χ4n) is 2.77. The summed E-state index contributed by atoms with van der Waals surface area (Å²) in [7, 11) is 0. The molecule has 2 aromatic heterocycles. The van der Waals surface area contributed by atoms with E-state index in [2.05, 4.69) is 10.4 Å². The summed E-state index contributed by atoms with van der Waals surface area (Å²) < 4.78 is 6.64. The van der Waals surface area contributed by atoms with Gasteiger partial charge in [-0.3, -0.25) is 9.59 Å². The van der Waals surface area contributed by atoms with Crippen LogP contribution >= 0.6 is 11.8 Å². The van der Waals surface area contributed by atoms with Crippen molar-refractivity contribution in [2.45, 2.75) is 37.5 Å². The Balaban J connectivity index is 1.48. The van der Waals surface area contributed by atoms with Gasteiger partial charge < -0.3 is 9.73 Å². The average molecular weight is 347 g/mol. The van der Waals surface area contributed by atoms with Crippen molar-refractivity contribution in [2.75, 3.05) is 12.3 Å². The van der Waals surface area contributed by atoms with Crippen LogP contribution in [0.1, 0.15) is 25.7 Å². The number of hydrogen-bond donors (Lipinski definition) is 1. The molecule has 2 heterocycles. The molecule has 24 heavy (non-hydrogen) atoms. The Morgan fingerprint density at radius 2 is 2.17 bits per heavy atom. The van der Waals surface area contributed by atoms with Gasteiger partial charge in [-0.1, -0.05) is 12.8 Å². The molecule has 0 saturated heterocycles. The second-order valence-electron chi connectivity index (χ2n) is 5.82. The zero-order chi connectivity index (χ0) is 16.8. The zero-order valence-corrected chi connectivity index (χ0v) is 14.3. The van der Waals surface area contributed by atoms with Crippen LogP contribution in [0.15, 0.2) is 39.7 Å². The van der Waals surface area contributed by atoms with Crippen LogP contribution in [0.3, 0.4) is 0 Å². The largest absolute Gasteiger partial charge is 0.463 e. The molecule has 0 unspecified atom stereocenters. The number of carbonyl (C=O) groups is 1. The van der Waals surface area contributed by atoms with Crippen LogP contribution < -0.4 is 10.9 Å². The number of aromatic nitrogens is 2. The van der Waals surface area contributed by atoms with Crippen LogP contribution in [0.5, 0.6) is 0 Å². The van der Waals surface area contributed by atoms with Crippen molar-refractivity contribution in [2.24, 2.45) is 0 Å². The van der Waals surface area contributed by atoms with Crippen molar-refractivity contribution in [1.29, 1.82) is 0 Å². The molecule has 6 nitrogen and oxygen atoms in total. The monoisotopic (exact) mass is 347 g/mol. The Labute approximate surface area is 144 Å². The maximum atomic E-state index is 11.9. The van der Waals surface area contributed by atoms with Crippen molar-refractivity contribution < 1.29 is 9.21 Å². The predicted molar refractivity (Wildman–Crippen MR) is 93.9 cm³/mol. The predicted octanol–water partition coefficient (Wildman–Crippen LogP) is 2.30. The summed E-state index contributed by atoms with van der Waals surface area (Å²) >= 11 is 1.73. The molecule has 3 rings (SSSR count). The molecular formula is C17H21N3O3S. The van der Waals surface area contributed by atoms with E-state index < -0.39 is 0 Å². The second kappa shape index (κ2) is 8.19. The van der Waals surface area contributed by atoms with Crippen molar-refractivity contribution in [1.82, 2.24) is 15.1 Å². The summed E-state index contributed by atoms with van der Waals surface area (Å²) in [5.41, 5.74) is 0.405. The van der Waals surface area contributed by atoms with Crippen molar-refractivity contribution >= 4 is 17.7 Å². The fraction of sp³-hybridized carbons (Fsp3) is 0.471. The van der Waals surface area contributed by atoms with Gasteiger partial charge in [0.05, 0.1) is 18.6 Å². The maximum Gasteiger partial charge on any atom is 0.266 e. The number of nitrogens with one attached hydrogen (secondary N) is 1. The highest BCUT2D eigenvalue weighted by atomic mass is 32.2. The highest BCUT2D eigenvalue weighted by Crippen LogP contribution is 2.28. The minimum Gasteiger partial charge on any atom is -0.463 e. The minimum absolute atomic E-state index is 0.0159. The lowest BCUT2D eigenvalue weighted by molar-refractivity contribution is -0.118. The Hall–Kier alpha value is -2.02. The van der Waals surface area contributed by atoms with Crippen LogP contribution in [0.4, 0.5) is 0 Å². The van der Waals surface area contributed by atoms with Gasteiger partial charge in [0.15, 0.2) is 5.76 Å². The molecule has 1 fully saturated rings. The molecule has 0 aliphatic heterocycles. The Kier molecular flexibility index (Phi) is 5.74. The molecule has 1 aliphatic rings. The molecule has 0 aromatic carbocycles. The molecule has 1 amide bonds. The van der Waals surface area contributed by atoms with Crippen molar-refractivity contribution in [3.05, 3.63) is 40.9 Å². The normalized spacial score (nSPS) is 14.8. The zero-order valence-electron chi connectivity index (χ0n) is 13.4. The van der Waals surface area contributed by atoms with E-state index in [1.54, 1.807) is 36.2 Å². The number of amides is 1. The molecule has 0 radical (unpaired) electrons. The first-order valence-corrected chi connectivity index (χ1v) is 9.27. The first-order valence-electron chi connectivity index (χ1n) is 8.23. The molecule has 1 aliphatic carbocycles. The van der Waals surface area contributed by atoms with Crippen LogP contribution in [0.2, 0.25) is 0 Å². The third kappa shape index (κ3) is 4.50. The molecule has 7 heteroatoms. The number of hydrogen-bond acceptors (Lipinski definition) is 5. The van der Waals surface area contributed by atoms with Gasteiger partial charge in [0.2, 0.25) is 5.91 Å². The van der Waals surface area contributed by atoms with Gasteiger partial charge in [-0.2, -0.15) is 5.10 Å². The highest BCUT2D eigenvalue weighted by molar-refractivity contribution is 8.00. The van der Waals surface area contributed by atoms with E-state index in [9.17, 15) is 9.59 Å². The lowest BCUT2D eigenvalue weighted by Gasteiger charge is -2.10. The van der Waals surface area contributed by atoms with E-state index in [-0.39, 0.29) is 11.5 Å². The summed E-state index contributed by atoms with van der Waals surface area (Å²) in [5, 5.41) is 7.76. The van der Waals surface area contributed by atoms with Crippen molar-refractivity contribution in [3.8, 4) is 11.5 Å². The lowest BCUT2D eigenvalue weighted by atomic mass is 10.3. The van der Waals surface area contributed by atoms with E-state index in [1.165, 1.54) is 36.4 Å². The molecule has 1 N–H and O–H groups in total. The Bertz CT molecular complexity index is 721. The minimum atomic E-state index is -0.195. The third-order valence-corrected chi connectivity index (χ3v) is 5.41. The van der Waals surface area contributed by atoms with Crippen LogP contribution in [0, 0.1) is 0 Å². The summed E-state index contributed by atoms with van der Waals surface area (Å²) in [6, 6.07) is 6.66. The van der Waals surface area contributed by atoms with Crippen LogP contribution in [-0.2, 0) is 11.3 Å². The van der Waals surface area contributed by atoms with Gasteiger partial charge in [0.25, 0.3) is 5.56 Å². The summed E-state index contributed by atoms with van der Waals surface area (Å²) in [6.45, 7) is 0.728. The molecule has 1 saturated carbocycles.